The fourth-order valence-corrected chi connectivity index (χ4v) is 4.36. The van der Waals surface area contributed by atoms with Gasteiger partial charge in [-0.2, -0.15) is 0 Å². The number of nitrogens with zero attached hydrogens (tertiary/aromatic N) is 1. The summed E-state index contributed by atoms with van der Waals surface area (Å²) < 4.78 is 11.4. The molecule has 36 heavy (non-hydrogen) atoms. The molecule has 0 atom stereocenters. The second-order valence-electron chi connectivity index (χ2n) is 8.89. The van der Waals surface area contributed by atoms with Crippen LogP contribution in [-0.4, -0.2) is 48.3 Å². The number of hydrazine groups is 1. The Kier molecular flexibility index (Phi) is 8.18. The quantitative estimate of drug-likeness (QED) is 0.508. The summed E-state index contributed by atoms with van der Waals surface area (Å²) in [6.07, 6.45) is 1.51. The summed E-state index contributed by atoms with van der Waals surface area (Å²) in [5.74, 6) is 0.580. The number of piperidine rings is 1. The normalized spacial score (nSPS) is 15.8. The molecule has 2 amide bonds. The van der Waals surface area contributed by atoms with Crippen LogP contribution in [0.2, 0.25) is 10.0 Å². The zero-order chi connectivity index (χ0) is 25.8. The number of amides is 2. The average molecular weight is 532 g/mol. The van der Waals surface area contributed by atoms with E-state index in [-0.39, 0.29) is 36.7 Å². The molecular formula is C26H27Cl2N3O5. The van der Waals surface area contributed by atoms with E-state index in [0.29, 0.717) is 64.4 Å². The number of nitrogens with one attached hydrogen (secondary N) is 2. The van der Waals surface area contributed by atoms with Crippen LogP contribution in [0.4, 0.5) is 0 Å². The first-order chi connectivity index (χ1) is 17.2. The molecular weight excluding hydrogens is 505 g/mol. The number of benzene rings is 2. The highest BCUT2D eigenvalue weighted by atomic mass is 35.5. The highest BCUT2D eigenvalue weighted by Gasteiger charge is 2.31. The maximum absolute atomic E-state index is 12.6. The zero-order valence-corrected chi connectivity index (χ0v) is 21.5. The Morgan fingerprint density at radius 3 is 2.56 bits per heavy atom. The van der Waals surface area contributed by atoms with E-state index < -0.39 is 0 Å². The Hall–Kier alpha value is -3.07. The number of Topliss-reactive ketones (excluding diaryl/α,β-unsaturated/α-hetero) is 1. The minimum atomic E-state index is -0.209. The van der Waals surface area contributed by atoms with Crippen LogP contribution in [0.25, 0.3) is 0 Å². The molecule has 0 radical (unpaired) electrons. The summed E-state index contributed by atoms with van der Waals surface area (Å²) in [7, 11) is 0. The summed E-state index contributed by atoms with van der Waals surface area (Å²) in [6.45, 7) is 4.95. The van der Waals surface area contributed by atoms with Crippen LogP contribution in [0.15, 0.2) is 47.7 Å². The molecule has 0 saturated carbocycles. The number of halogens is 2. The lowest BCUT2D eigenvalue weighted by Crippen LogP contribution is -2.51. The van der Waals surface area contributed by atoms with Crippen LogP contribution < -0.4 is 20.2 Å². The van der Waals surface area contributed by atoms with E-state index in [2.05, 4.69) is 10.7 Å². The van der Waals surface area contributed by atoms with E-state index in [1.165, 1.54) is 0 Å². The monoisotopic (exact) mass is 531 g/mol. The molecule has 4 rings (SSSR count). The summed E-state index contributed by atoms with van der Waals surface area (Å²) in [5.41, 5.74) is 4.51. The number of rotatable bonds is 7. The molecule has 1 fully saturated rings. The van der Waals surface area contributed by atoms with E-state index in [1.807, 2.05) is 18.9 Å². The van der Waals surface area contributed by atoms with Gasteiger partial charge in [0.1, 0.15) is 17.1 Å². The smallest absolute Gasteiger partial charge is 0.251 e. The van der Waals surface area contributed by atoms with Gasteiger partial charge in [-0.05, 0) is 62.6 Å². The van der Waals surface area contributed by atoms with Crippen molar-refractivity contribution in [3.8, 4) is 11.5 Å². The number of ether oxygens (including phenoxy) is 2. The molecule has 2 aliphatic heterocycles. The van der Waals surface area contributed by atoms with Gasteiger partial charge in [-0.25, -0.2) is 5.01 Å². The fourth-order valence-electron chi connectivity index (χ4n) is 4.07. The number of fused-ring (bicyclic) bond motifs is 1. The SMILES string of the molecule is CC(C)=C1Oc2cccc(OCCC(=O)NN3CCC(NC(=O)c4ccc(Cl)c(Cl)c4)CC3)c2C1=O. The lowest BCUT2D eigenvalue weighted by Gasteiger charge is -2.32. The largest absolute Gasteiger partial charge is 0.492 e. The number of hydrogen-bond donors (Lipinski definition) is 2. The average Bonchev–Trinajstić information content (AvgIpc) is 3.19. The van der Waals surface area contributed by atoms with E-state index in [4.69, 9.17) is 32.7 Å². The Balaban J connectivity index is 1.20. The van der Waals surface area contributed by atoms with Gasteiger partial charge >= 0.3 is 0 Å². The van der Waals surface area contributed by atoms with Crippen LogP contribution in [0, 0.1) is 0 Å². The summed E-state index contributed by atoms with van der Waals surface area (Å²) in [6, 6.07) is 9.94. The third-order valence-corrected chi connectivity index (χ3v) is 6.71. The van der Waals surface area contributed by atoms with E-state index in [0.717, 1.165) is 5.57 Å². The molecule has 0 aliphatic carbocycles. The Morgan fingerprint density at radius 1 is 1.11 bits per heavy atom. The minimum absolute atomic E-state index is 0.00549. The van der Waals surface area contributed by atoms with Crippen LogP contribution in [-0.2, 0) is 4.79 Å². The highest BCUT2D eigenvalue weighted by molar-refractivity contribution is 6.42. The van der Waals surface area contributed by atoms with E-state index in [1.54, 1.807) is 36.4 Å². The lowest BCUT2D eigenvalue weighted by atomic mass is 10.1. The van der Waals surface area contributed by atoms with E-state index in [9.17, 15) is 14.4 Å². The summed E-state index contributed by atoms with van der Waals surface area (Å²) in [5, 5.41) is 5.57. The molecule has 1 saturated heterocycles. The predicted molar refractivity (Wildman–Crippen MR) is 137 cm³/mol. The van der Waals surface area contributed by atoms with Crippen molar-refractivity contribution in [2.75, 3.05) is 19.7 Å². The number of allylic oxidation sites excluding steroid dienone is 2. The molecule has 0 bridgehead atoms. The van der Waals surface area contributed by atoms with Gasteiger partial charge in [0.2, 0.25) is 11.7 Å². The first-order valence-corrected chi connectivity index (χ1v) is 12.4. The number of carbonyl (C=O) groups is 3. The Morgan fingerprint density at radius 2 is 1.86 bits per heavy atom. The maximum Gasteiger partial charge on any atom is 0.251 e. The zero-order valence-electron chi connectivity index (χ0n) is 20.0. The molecule has 2 aromatic rings. The number of carbonyl (C=O) groups excluding carboxylic acids is 3. The van der Waals surface area contributed by atoms with Crippen LogP contribution in [0.3, 0.4) is 0 Å². The first kappa shape index (κ1) is 26.0. The third kappa shape index (κ3) is 6.00. The van der Waals surface area contributed by atoms with Gasteiger partial charge in [0.25, 0.3) is 5.91 Å². The van der Waals surface area contributed by atoms with Gasteiger partial charge in [0.15, 0.2) is 5.76 Å². The minimum Gasteiger partial charge on any atom is -0.492 e. The lowest BCUT2D eigenvalue weighted by molar-refractivity contribution is -0.127. The van der Waals surface area contributed by atoms with Crippen LogP contribution in [0.5, 0.6) is 11.5 Å². The van der Waals surface area contributed by atoms with Gasteiger partial charge in [-0.3, -0.25) is 19.8 Å². The molecule has 10 heteroatoms. The molecule has 2 heterocycles. The molecule has 190 valence electrons. The molecule has 0 spiro atoms. The Labute approximate surface area is 219 Å². The second kappa shape index (κ2) is 11.3. The molecule has 8 nitrogen and oxygen atoms in total. The predicted octanol–water partition coefficient (Wildman–Crippen LogP) is 4.56. The van der Waals surface area contributed by atoms with Crippen LogP contribution >= 0.6 is 23.2 Å². The van der Waals surface area contributed by atoms with Gasteiger partial charge in [-0.15, -0.1) is 0 Å². The van der Waals surface area contributed by atoms with Crippen molar-refractivity contribution in [2.45, 2.75) is 39.2 Å². The second-order valence-corrected chi connectivity index (χ2v) is 9.70. The topological polar surface area (TPSA) is 97.0 Å². The third-order valence-electron chi connectivity index (χ3n) is 5.97. The van der Waals surface area contributed by atoms with Crippen molar-refractivity contribution in [3.63, 3.8) is 0 Å². The van der Waals surface area contributed by atoms with Crippen molar-refractivity contribution in [2.24, 2.45) is 0 Å². The van der Waals surface area contributed by atoms with Gasteiger partial charge in [-0.1, -0.05) is 29.3 Å². The van der Waals surface area contributed by atoms with Gasteiger partial charge < -0.3 is 14.8 Å². The standard InChI is InChI=1S/C26H27Cl2N3O5/c1-15(2)25-24(33)23-20(4-3-5-21(23)36-25)35-13-10-22(32)30-31-11-8-17(9-12-31)29-26(34)16-6-7-18(27)19(28)14-16/h3-7,14,17H,8-13H2,1-2H3,(H,29,34)(H,30,32). The van der Waals surface area contributed by atoms with Gasteiger partial charge in [0.05, 0.1) is 23.1 Å². The van der Waals surface area contributed by atoms with Crippen molar-refractivity contribution in [1.82, 2.24) is 15.8 Å². The molecule has 2 aromatic carbocycles. The van der Waals surface area contributed by atoms with Crippen molar-refractivity contribution < 1.29 is 23.9 Å². The van der Waals surface area contributed by atoms with Crippen LogP contribution in [0.1, 0.15) is 53.8 Å². The number of ketones is 1. The summed E-state index contributed by atoms with van der Waals surface area (Å²) >= 11 is 11.9. The fraction of sp³-hybridized carbons (Fsp3) is 0.346. The Bertz CT molecular complexity index is 1220. The van der Waals surface area contributed by atoms with E-state index >= 15 is 0 Å². The maximum atomic E-state index is 12.6. The van der Waals surface area contributed by atoms with Crippen molar-refractivity contribution >= 4 is 40.8 Å². The molecule has 0 aromatic heterocycles. The molecule has 0 unspecified atom stereocenters. The van der Waals surface area contributed by atoms with Gasteiger partial charge in [0, 0.05) is 24.7 Å². The number of hydrogen-bond acceptors (Lipinski definition) is 6. The van der Waals surface area contributed by atoms with Crippen molar-refractivity contribution in [1.29, 1.82) is 0 Å². The molecule has 2 aliphatic rings. The van der Waals surface area contributed by atoms with Crippen molar-refractivity contribution in [3.05, 3.63) is 68.9 Å². The summed E-state index contributed by atoms with van der Waals surface area (Å²) in [4.78, 5) is 37.5. The molecule has 2 N–H and O–H groups in total. The highest BCUT2D eigenvalue weighted by Crippen LogP contribution is 2.38. The first-order valence-electron chi connectivity index (χ1n) is 11.7.